The van der Waals surface area contributed by atoms with Gasteiger partial charge >= 0.3 is 5.97 Å². The van der Waals surface area contributed by atoms with E-state index in [1.165, 1.54) is 6.08 Å². The fourth-order valence-corrected chi connectivity index (χ4v) is 2.72. The third-order valence-electron chi connectivity index (χ3n) is 4.23. The van der Waals surface area contributed by atoms with Gasteiger partial charge in [0.15, 0.2) is 18.1 Å². The summed E-state index contributed by atoms with van der Waals surface area (Å²) in [7, 11) is 3.08. The number of carbonyl (C=O) groups is 2. The lowest BCUT2D eigenvalue weighted by atomic mass is 10.2. The van der Waals surface area contributed by atoms with Gasteiger partial charge < -0.3 is 29.0 Å². The first-order valence-corrected chi connectivity index (χ1v) is 9.30. The summed E-state index contributed by atoms with van der Waals surface area (Å²) in [6.45, 7) is 0.169. The van der Waals surface area contributed by atoms with E-state index in [2.05, 4.69) is 5.32 Å². The summed E-state index contributed by atoms with van der Waals surface area (Å²) in [6, 6.07) is 12.5. The van der Waals surface area contributed by atoms with E-state index < -0.39 is 18.5 Å². The van der Waals surface area contributed by atoms with Gasteiger partial charge in [-0.2, -0.15) is 0 Å². The molecule has 8 nitrogen and oxygen atoms in total. The summed E-state index contributed by atoms with van der Waals surface area (Å²) in [6.07, 6.45) is 2.47. The fourth-order valence-electron chi connectivity index (χ4n) is 2.72. The third-order valence-corrected chi connectivity index (χ3v) is 4.23. The lowest BCUT2D eigenvalue weighted by molar-refractivity contribution is -0.143. The summed E-state index contributed by atoms with van der Waals surface area (Å²) >= 11 is 0. The lowest BCUT2D eigenvalue weighted by Crippen LogP contribution is -2.42. The van der Waals surface area contributed by atoms with Crippen molar-refractivity contribution in [3.63, 3.8) is 0 Å². The third kappa shape index (κ3) is 5.91. The maximum Gasteiger partial charge on any atom is 0.331 e. The second-order valence-electron chi connectivity index (χ2n) is 6.39. The molecule has 1 aliphatic heterocycles. The van der Waals surface area contributed by atoms with Crippen LogP contribution in [0.5, 0.6) is 23.0 Å². The molecule has 0 spiro atoms. The van der Waals surface area contributed by atoms with Gasteiger partial charge in [-0.25, -0.2) is 4.79 Å². The van der Waals surface area contributed by atoms with Crippen molar-refractivity contribution in [2.45, 2.75) is 6.10 Å². The van der Waals surface area contributed by atoms with E-state index >= 15 is 0 Å². The number of amides is 1. The molecule has 1 N–H and O–H groups in total. The van der Waals surface area contributed by atoms with Crippen LogP contribution < -0.4 is 24.3 Å². The number of benzene rings is 2. The Morgan fingerprint density at radius 3 is 2.50 bits per heavy atom. The highest BCUT2D eigenvalue weighted by Crippen LogP contribution is 2.30. The predicted molar refractivity (Wildman–Crippen MR) is 109 cm³/mol. The Morgan fingerprint density at radius 2 is 1.80 bits per heavy atom. The number of methoxy groups -OCH3 is 2. The summed E-state index contributed by atoms with van der Waals surface area (Å²) in [5.41, 5.74) is 0.697. The van der Waals surface area contributed by atoms with Crippen molar-refractivity contribution in [1.29, 1.82) is 0 Å². The normalized spacial score (nSPS) is 14.8. The minimum Gasteiger partial charge on any atom is -0.497 e. The molecular weight excluding hydrogens is 390 g/mol. The maximum atomic E-state index is 11.9. The van der Waals surface area contributed by atoms with Gasteiger partial charge in [0.05, 0.1) is 20.8 Å². The zero-order valence-electron chi connectivity index (χ0n) is 16.8. The molecule has 158 valence electrons. The average Bonchev–Trinajstić information content (AvgIpc) is 2.79. The molecule has 1 heterocycles. The molecule has 2 aromatic carbocycles. The van der Waals surface area contributed by atoms with Crippen LogP contribution in [0.15, 0.2) is 48.5 Å². The lowest BCUT2D eigenvalue weighted by Gasteiger charge is -2.26. The standard InChI is InChI=1S/C22H23NO7/c1-26-16-9-15(10-17(11-16)27-2)7-8-22(25)29-14-21(24)23-12-18-13-28-19-5-3-4-6-20(19)30-18/h3-11,18H,12-14H2,1-2H3,(H,23,24)/b8-7+/t18-/m0/s1. The van der Waals surface area contributed by atoms with E-state index in [0.717, 1.165) is 0 Å². The molecular formula is C22H23NO7. The number of hydrogen-bond acceptors (Lipinski definition) is 7. The Hall–Kier alpha value is -3.68. The van der Waals surface area contributed by atoms with Crippen molar-refractivity contribution in [3.05, 3.63) is 54.1 Å². The second-order valence-corrected chi connectivity index (χ2v) is 6.39. The van der Waals surface area contributed by atoms with Crippen LogP contribution in [0.1, 0.15) is 5.56 Å². The first-order valence-electron chi connectivity index (χ1n) is 9.30. The van der Waals surface area contributed by atoms with Gasteiger partial charge in [0.2, 0.25) is 0 Å². The Bertz CT molecular complexity index is 903. The topological polar surface area (TPSA) is 92.3 Å². The van der Waals surface area contributed by atoms with Crippen LogP contribution >= 0.6 is 0 Å². The first-order chi connectivity index (χ1) is 14.6. The monoisotopic (exact) mass is 413 g/mol. The van der Waals surface area contributed by atoms with E-state index in [1.54, 1.807) is 44.6 Å². The number of fused-ring (bicyclic) bond motifs is 1. The number of ether oxygens (including phenoxy) is 5. The van der Waals surface area contributed by atoms with Crippen LogP contribution in [0, 0.1) is 0 Å². The van der Waals surface area contributed by atoms with Gasteiger partial charge in [0.1, 0.15) is 24.2 Å². The van der Waals surface area contributed by atoms with Crippen LogP contribution in [-0.4, -0.2) is 52.0 Å². The molecule has 0 saturated carbocycles. The van der Waals surface area contributed by atoms with Gasteiger partial charge in [-0.1, -0.05) is 12.1 Å². The molecule has 30 heavy (non-hydrogen) atoms. The summed E-state index contributed by atoms with van der Waals surface area (Å²) in [5, 5.41) is 2.66. The van der Waals surface area contributed by atoms with Gasteiger partial charge in [-0.3, -0.25) is 4.79 Å². The zero-order chi connectivity index (χ0) is 21.3. The van der Waals surface area contributed by atoms with Crippen LogP contribution in [0.2, 0.25) is 0 Å². The Labute approximate surface area is 174 Å². The number of rotatable bonds is 8. The summed E-state index contributed by atoms with van der Waals surface area (Å²) < 4.78 is 26.7. The number of nitrogens with one attached hydrogen (secondary N) is 1. The van der Waals surface area contributed by atoms with Crippen molar-refractivity contribution in [2.24, 2.45) is 0 Å². The van der Waals surface area contributed by atoms with Crippen LogP contribution in [-0.2, 0) is 14.3 Å². The molecule has 0 fully saturated rings. The molecule has 2 aromatic rings. The fraction of sp³-hybridized carbons (Fsp3) is 0.273. The Balaban J connectivity index is 1.41. The van der Waals surface area contributed by atoms with Gasteiger partial charge in [0.25, 0.3) is 5.91 Å². The second kappa shape index (κ2) is 10.2. The van der Waals surface area contributed by atoms with Crippen LogP contribution in [0.4, 0.5) is 0 Å². The maximum absolute atomic E-state index is 11.9. The molecule has 0 aliphatic carbocycles. The molecule has 3 rings (SSSR count). The van der Waals surface area contributed by atoms with Crippen molar-refractivity contribution >= 4 is 18.0 Å². The van der Waals surface area contributed by atoms with Crippen molar-refractivity contribution in [2.75, 3.05) is 34.0 Å². The molecule has 0 saturated heterocycles. The first kappa shape index (κ1) is 21.0. The number of esters is 1. The molecule has 1 amide bonds. The van der Waals surface area contributed by atoms with Crippen LogP contribution in [0.3, 0.4) is 0 Å². The van der Waals surface area contributed by atoms with Crippen LogP contribution in [0.25, 0.3) is 6.08 Å². The molecule has 0 unspecified atom stereocenters. The highest BCUT2D eigenvalue weighted by atomic mass is 16.6. The quantitative estimate of drug-likeness (QED) is 0.524. The van der Waals surface area contributed by atoms with Gasteiger partial charge in [-0.05, 0) is 35.9 Å². The zero-order valence-corrected chi connectivity index (χ0v) is 16.8. The molecule has 0 aromatic heterocycles. The smallest absolute Gasteiger partial charge is 0.331 e. The van der Waals surface area contributed by atoms with Crippen molar-refractivity contribution < 1.29 is 33.3 Å². The number of carbonyl (C=O) groups excluding carboxylic acids is 2. The highest BCUT2D eigenvalue weighted by Gasteiger charge is 2.21. The Morgan fingerprint density at radius 1 is 1.10 bits per heavy atom. The highest BCUT2D eigenvalue weighted by molar-refractivity contribution is 5.89. The molecule has 1 atom stereocenters. The van der Waals surface area contributed by atoms with Crippen molar-refractivity contribution in [3.8, 4) is 23.0 Å². The minimum absolute atomic E-state index is 0.240. The molecule has 0 bridgehead atoms. The minimum atomic E-state index is -0.641. The average molecular weight is 413 g/mol. The predicted octanol–water partition coefficient (Wildman–Crippen LogP) is 2.22. The number of para-hydroxylation sites is 2. The van der Waals surface area contributed by atoms with E-state index in [9.17, 15) is 9.59 Å². The van der Waals surface area contributed by atoms with E-state index in [-0.39, 0.29) is 12.6 Å². The SMILES string of the molecule is COc1cc(/C=C/C(=O)OCC(=O)NC[C@H]2COc3ccccc3O2)cc(OC)c1. The van der Waals surface area contributed by atoms with Crippen molar-refractivity contribution in [1.82, 2.24) is 5.32 Å². The van der Waals surface area contributed by atoms with Gasteiger partial charge in [0, 0.05) is 12.1 Å². The molecule has 1 aliphatic rings. The van der Waals surface area contributed by atoms with E-state index in [4.69, 9.17) is 23.7 Å². The van der Waals surface area contributed by atoms with E-state index in [0.29, 0.717) is 35.2 Å². The summed E-state index contributed by atoms with van der Waals surface area (Å²) in [4.78, 5) is 23.8. The Kier molecular flexibility index (Phi) is 7.15. The number of hydrogen-bond donors (Lipinski definition) is 1. The molecule has 8 heteroatoms. The largest absolute Gasteiger partial charge is 0.497 e. The van der Waals surface area contributed by atoms with E-state index in [1.807, 2.05) is 18.2 Å². The van der Waals surface area contributed by atoms with Gasteiger partial charge in [-0.15, -0.1) is 0 Å². The summed E-state index contributed by atoms with van der Waals surface area (Å²) in [5.74, 6) is 1.43. The molecule has 0 radical (unpaired) electrons.